The van der Waals surface area contributed by atoms with Crippen molar-refractivity contribution >= 4 is 12.0 Å². The van der Waals surface area contributed by atoms with E-state index < -0.39 is 11.7 Å². The molecule has 6 heteroatoms. The molecule has 2 amide bonds. The molecule has 0 spiro atoms. The predicted octanol–water partition coefficient (Wildman–Crippen LogP) is 3.62. The van der Waals surface area contributed by atoms with Crippen molar-refractivity contribution in [3.63, 3.8) is 0 Å². The zero-order valence-corrected chi connectivity index (χ0v) is 15.0. The number of amides is 2. The van der Waals surface area contributed by atoms with E-state index in [9.17, 15) is 14.0 Å². The fraction of sp³-hybridized carbons (Fsp3) is 0.579. The summed E-state index contributed by atoms with van der Waals surface area (Å²) in [6.45, 7) is 5.98. The molecule has 0 bridgehead atoms. The van der Waals surface area contributed by atoms with Crippen LogP contribution in [-0.2, 0) is 11.3 Å². The molecular formula is C19H25FN2O3. The number of hydrogen-bond donors (Lipinski definition) is 1. The van der Waals surface area contributed by atoms with Crippen LogP contribution in [0.15, 0.2) is 18.2 Å². The van der Waals surface area contributed by atoms with Crippen molar-refractivity contribution in [3.05, 3.63) is 35.1 Å². The normalized spacial score (nSPS) is 23.4. The first-order chi connectivity index (χ1) is 11.7. The number of halogens is 1. The summed E-state index contributed by atoms with van der Waals surface area (Å²) in [6, 6.07) is 4.57. The number of alkyl carbamates (subject to hydrolysis) is 1. The van der Waals surface area contributed by atoms with Crippen LogP contribution in [0, 0.1) is 5.82 Å². The minimum absolute atomic E-state index is 0.0152. The molecule has 1 heterocycles. The zero-order chi connectivity index (χ0) is 18.2. The van der Waals surface area contributed by atoms with Gasteiger partial charge in [0.15, 0.2) is 0 Å². The minimum Gasteiger partial charge on any atom is -0.444 e. The Morgan fingerprint density at radius 1 is 1.24 bits per heavy atom. The van der Waals surface area contributed by atoms with Crippen LogP contribution >= 0.6 is 0 Å². The molecule has 5 nitrogen and oxygen atoms in total. The Labute approximate surface area is 147 Å². The summed E-state index contributed by atoms with van der Waals surface area (Å²) >= 11 is 0. The summed E-state index contributed by atoms with van der Waals surface area (Å²) in [5, 5.41) is 2.91. The van der Waals surface area contributed by atoms with Crippen LogP contribution in [0.25, 0.3) is 0 Å². The number of carbonyl (C=O) groups excluding carboxylic acids is 2. The highest BCUT2D eigenvalue weighted by molar-refractivity contribution is 5.98. The molecule has 25 heavy (non-hydrogen) atoms. The number of nitrogens with zero attached hydrogens (tertiary/aromatic N) is 1. The number of ether oxygens (including phenoxy) is 1. The topological polar surface area (TPSA) is 58.6 Å². The molecule has 1 aromatic rings. The largest absolute Gasteiger partial charge is 0.444 e. The van der Waals surface area contributed by atoms with Crippen LogP contribution in [-0.4, -0.2) is 34.6 Å². The molecule has 1 aliphatic carbocycles. The van der Waals surface area contributed by atoms with Crippen molar-refractivity contribution < 1.29 is 18.7 Å². The highest BCUT2D eigenvalue weighted by Gasteiger charge is 2.35. The second kappa shape index (κ2) is 6.65. The fourth-order valence-electron chi connectivity index (χ4n) is 3.61. The van der Waals surface area contributed by atoms with Gasteiger partial charge in [0.25, 0.3) is 5.91 Å². The van der Waals surface area contributed by atoms with Gasteiger partial charge in [-0.25, -0.2) is 9.18 Å². The van der Waals surface area contributed by atoms with Gasteiger partial charge in [-0.05, 0) is 70.2 Å². The number of carbonyl (C=O) groups is 2. The van der Waals surface area contributed by atoms with E-state index in [1.807, 2.05) is 25.7 Å². The van der Waals surface area contributed by atoms with Gasteiger partial charge in [-0.15, -0.1) is 0 Å². The van der Waals surface area contributed by atoms with Crippen LogP contribution in [0.5, 0.6) is 0 Å². The van der Waals surface area contributed by atoms with E-state index >= 15 is 0 Å². The maximum absolute atomic E-state index is 13.4. The quantitative estimate of drug-likeness (QED) is 0.888. The van der Waals surface area contributed by atoms with E-state index in [2.05, 4.69) is 5.32 Å². The van der Waals surface area contributed by atoms with Crippen molar-refractivity contribution in [1.82, 2.24) is 10.2 Å². The molecular weight excluding hydrogens is 323 g/mol. The Morgan fingerprint density at radius 2 is 1.92 bits per heavy atom. The van der Waals surface area contributed by atoms with E-state index in [1.54, 1.807) is 6.07 Å². The Bertz CT molecular complexity index is 676. The third kappa shape index (κ3) is 4.11. The van der Waals surface area contributed by atoms with Crippen molar-refractivity contribution in [2.45, 2.75) is 70.7 Å². The SMILES string of the molecule is CC(C)(C)OC(=O)NC1CCC(N2Cc3cc(F)ccc3C2=O)CC1. The van der Waals surface area contributed by atoms with Crippen molar-refractivity contribution in [2.75, 3.05) is 0 Å². The lowest BCUT2D eigenvalue weighted by molar-refractivity contribution is 0.0461. The van der Waals surface area contributed by atoms with E-state index in [-0.39, 0.29) is 23.8 Å². The maximum Gasteiger partial charge on any atom is 0.407 e. The third-order valence-electron chi connectivity index (χ3n) is 4.76. The summed E-state index contributed by atoms with van der Waals surface area (Å²) in [5.41, 5.74) is 0.860. The van der Waals surface area contributed by atoms with Gasteiger partial charge in [0, 0.05) is 24.2 Å². The average Bonchev–Trinajstić information content (AvgIpc) is 2.82. The molecule has 0 radical (unpaired) electrons. The fourth-order valence-corrected chi connectivity index (χ4v) is 3.61. The van der Waals surface area contributed by atoms with Crippen LogP contribution in [0.1, 0.15) is 62.4 Å². The van der Waals surface area contributed by atoms with E-state index in [0.29, 0.717) is 12.1 Å². The van der Waals surface area contributed by atoms with Gasteiger partial charge in [-0.1, -0.05) is 0 Å². The smallest absolute Gasteiger partial charge is 0.407 e. The molecule has 3 rings (SSSR count). The molecule has 0 atom stereocenters. The van der Waals surface area contributed by atoms with Gasteiger partial charge in [-0.3, -0.25) is 4.79 Å². The van der Waals surface area contributed by atoms with Crippen molar-refractivity contribution in [2.24, 2.45) is 0 Å². The Balaban J connectivity index is 1.53. The predicted molar refractivity (Wildman–Crippen MR) is 91.7 cm³/mol. The lowest BCUT2D eigenvalue weighted by Gasteiger charge is -2.35. The number of benzene rings is 1. The summed E-state index contributed by atoms with van der Waals surface area (Å²) in [5.74, 6) is -0.322. The van der Waals surface area contributed by atoms with Crippen LogP contribution in [0.3, 0.4) is 0 Å². The second-order valence-electron chi connectivity index (χ2n) is 7.89. The van der Waals surface area contributed by atoms with Crippen molar-refractivity contribution in [1.29, 1.82) is 0 Å². The first kappa shape index (κ1) is 17.7. The van der Waals surface area contributed by atoms with E-state index in [0.717, 1.165) is 31.2 Å². The Morgan fingerprint density at radius 3 is 2.56 bits per heavy atom. The average molecular weight is 348 g/mol. The second-order valence-corrected chi connectivity index (χ2v) is 7.89. The highest BCUT2D eigenvalue weighted by atomic mass is 19.1. The Kier molecular flexibility index (Phi) is 4.71. The van der Waals surface area contributed by atoms with E-state index in [1.165, 1.54) is 12.1 Å². The molecule has 0 saturated heterocycles. The van der Waals surface area contributed by atoms with Crippen LogP contribution < -0.4 is 5.32 Å². The number of rotatable bonds is 2. The van der Waals surface area contributed by atoms with Gasteiger partial charge in [0.2, 0.25) is 0 Å². The Hall–Kier alpha value is -2.11. The molecule has 0 unspecified atom stereocenters. The molecule has 2 aliphatic rings. The van der Waals surface area contributed by atoms with Crippen LogP contribution in [0.2, 0.25) is 0 Å². The summed E-state index contributed by atoms with van der Waals surface area (Å²) < 4.78 is 18.7. The molecule has 1 aliphatic heterocycles. The third-order valence-corrected chi connectivity index (χ3v) is 4.76. The van der Waals surface area contributed by atoms with E-state index in [4.69, 9.17) is 4.74 Å². The molecule has 1 saturated carbocycles. The zero-order valence-electron chi connectivity index (χ0n) is 15.0. The maximum atomic E-state index is 13.4. The number of fused-ring (bicyclic) bond motifs is 1. The van der Waals surface area contributed by atoms with Gasteiger partial charge < -0.3 is 15.0 Å². The van der Waals surface area contributed by atoms with Crippen LogP contribution in [0.4, 0.5) is 9.18 Å². The molecule has 1 aromatic carbocycles. The van der Waals surface area contributed by atoms with Gasteiger partial charge in [0.1, 0.15) is 11.4 Å². The lowest BCUT2D eigenvalue weighted by atomic mass is 9.90. The molecule has 1 N–H and O–H groups in total. The van der Waals surface area contributed by atoms with Gasteiger partial charge >= 0.3 is 6.09 Å². The standard InChI is InChI=1S/C19H25FN2O3/c1-19(2,3)25-18(24)21-14-5-7-15(8-6-14)22-11-12-10-13(20)4-9-16(12)17(22)23/h4,9-10,14-15H,5-8,11H2,1-3H3,(H,21,24). The summed E-state index contributed by atoms with van der Waals surface area (Å²) in [7, 11) is 0. The number of nitrogens with one attached hydrogen (secondary N) is 1. The molecule has 136 valence electrons. The van der Waals surface area contributed by atoms with Crippen molar-refractivity contribution in [3.8, 4) is 0 Å². The number of hydrogen-bond acceptors (Lipinski definition) is 3. The molecule has 0 aromatic heterocycles. The first-order valence-corrected chi connectivity index (χ1v) is 8.82. The summed E-state index contributed by atoms with van der Waals surface area (Å²) in [6.07, 6.45) is 2.86. The van der Waals surface area contributed by atoms with Gasteiger partial charge in [0.05, 0.1) is 0 Å². The summed E-state index contributed by atoms with van der Waals surface area (Å²) in [4.78, 5) is 26.2. The first-order valence-electron chi connectivity index (χ1n) is 8.82. The highest BCUT2D eigenvalue weighted by Crippen LogP contribution is 2.31. The lowest BCUT2D eigenvalue weighted by Crippen LogP contribution is -2.45. The van der Waals surface area contributed by atoms with Gasteiger partial charge in [-0.2, -0.15) is 0 Å². The monoisotopic (exact) mass is 348 g/mol. The minimum atomic E-state index is -0.510. The molecule has 1 fully saturated rings.